The SMILES string of the molecule is Cc1cc(C)c(CN)c(N(C)C2CCCCC2)n1. The van der Waals surface area contributed by atoms with E-state index < -0.39 is 0 Å². The summed E-state index contributed by atoms with van der Waals surface area (Å²) in [4.78, 5) is 7.09. The molecule has 2 N–H and O–H groups in total. The van der Waals surface area contributed by atoms with Gasteiger partial charge in [-0.3, -0.25) is 0 Å². The molecular weight excluding hydrogens is 222 g/mol. The molecule has 0 aliphatic heterocycles. The summed E-state index contributed by atoms with van der Waals surface area (Å²) < 4.78 is 0. The normalized spacial score (nSPS) is 16.9. The van der Waals surface area contributed by atoms with Crippen molar-refractivity contribution in [3.8, 4) is 0 Å². The average Bonchev–Trinajstić information content (AvgIpc) is 2.38. The predicted octanol–water partition coefficient (Wildman–Crippen LogP) is 2.93. The van der Waals surface area contributed by atoms with Crippen LogP contribution in [0.5, 0.6) is 0 Å². The van der Waals surface area contributed by atoms with Gasteiger partial charge in [0.25, 0.3) is 0 Å². The number of hydrogen-bond acceptors (Lipinski definition) is 3. The van der Waals surface area contributed by atoms with E-state index in [9.17, 15) is 0 Å². The van der Waals surface area contributed by atoms with E-state index in [0.717, 1.165) is 11.5 Å². The van der Waals surface area contributed by atoms with Gasteiger partial charge in [0, 0.05) is 30.9 Å². The minimum atomic E-state index is 0.575. The van der Waals surface area contributed by atoms with Crippen LogP contribution in [0, 0.1) is 13.8 Å². The molecule has 0 atom stereocenters. The third kappa shape index (κ3) is 2.66. The number of nitrogens with two attached hydrogens (primary N) is 1. The molecule has 2 rings (SSSR count). The van der Waals surface area contributed by atoms with Crippen molar-refractivity contribution in [2.75, 3.05) is 11.9 Å². The average molecular weight is 247 g/mol. The molecule has 0 bridgehead atoms. The highest BCUT2D eigenvalue weighted by molar-refractivity contribution is 5.51. The van der Waals surface area contributed by atoms with Gasteiger partial charge in [0.15, 0.2) is 0 Å². The Labute approximate surface area is 110 Å². The summed E-state index contributed by atoms with van der Waals surface area (Å²) in [6.07, 6.45) is 6.65. The second kappa shape index (κ2) is 5.70. The van der Waals surface area contributed by atoms with Crippen LogP contribution in [0.2, 0.25) is 0 Å². The van der Waals surface area contributed by atoms with Gasteiger partial charge in [-0.05, 0) is 38.3 Å². The van der Waals surface area contributed by atoms with Gasteiger partial charge in [0.2, 0.25) is 0 Å². The summed E-state index contributed by atoms with van der Waals surface area (Å²) in [7, 11) is 2.18. The summed E-state index contributed by atoms with van der Waals surface area (Å²) in [6, 6.07) is 2.76. The molecule has 0 spiro atoms. The molecule has 1 aliphatic carbocycles. The molecule has 1 heterocycles. The maximum atomic E-state index is 5.90. The zero-order valence-corrected chi connectivity index (χ0v) is 11.9. The van der Waals surface area contributed by atoms with E-state index in [1.54, 1.807) is 0 Å². The number of hydrogen-bond donors (Lipinski definition) is 1. The third-order valence-corrected chi connectivity index (χ3v) is 4.11. The Bertz CT molecular complexity index is 408. The van der Waals surface area contributed by atoms with Gasteiger partial charge in [-0.15, -0.1) is 0 Å². The van der Waals surface area contributed by atoms with E-state index in [1.807, 2.05) is 0 Å². The Balaban J connectivity index is 2.30. The van der Waals surface area contributed by atoms with Gasteiger partial charge < -0.3 is 10.6 Å². The van der Waals surface area contributed by atoms with Gasteiger partial charge in [-0.1, -0.05) is 19.3 Å². The van der Waals surface area contributed by atoms with Crippen molar-refractivity contribution in [2.24, 2.45) is 5.73 Å². The lowest BCUT2D eigenvalue weighted by Gasteiger charge is -2.33. The fraction of sp³-hybridized carbons (Fsp3) is 0.667. The fourth-order valence-corrected chi connectivity index (χ4v) is 3.03. The van der Waals surface area contributed by atoms with Crippen molar-refractivity contribution >= 4 is 5.82 Å². The zero-order valence-electron chi connectivity index (χ0n) is 11.9. The Morgan fingerprint density at radius 2 is 1.94 bits per heavy atom. The Hall–Kier alpha value is -1.09. The highest BCUT2D eigenvalue weighted by Crippen LogP contribution is 2.28. The first-order valence-corrected chi connectivity index (χ1v) is 7.03. The van der Waals surface area contributed by atoms with Crippen molar-refractivity contribution in [3.05, 3.63) is 22.9 Å². The predicted molar refractivity (Wildman–Crippen MR) is 76.9 cm³/mol. The summed E-state index contributed by atoms with van der Waals surface area (Å²) in [5, 5.41) is 0. The van der Waals surface area contributed by atoms with Crippen LogP contribution in [0.25, 0.3) is 0 Å². The number of aromatic nitrogens is 1. The van der Waals surface area contributed by atoms with E-state index in [2.05, 4.69) is 31.9 Å². The maximum Gasteiger partial charge on any atom is 0.133 e. The molecule has 1 saturated carbocycles. The highest BCUT2D eigenvalue weighted by Gasteiger charge is 2.21. The molecule has 3 heteroatoms. The van der Waals surface area contributed by atoms with Gasteiger partial charge >= 0.3 is 0 Å². The van der Waals surface area contributed by atoms with Crippen LogP contribution in [0.15, 0.2) is 6.07 Å². The molecule has 1 aromatic rings. The fourth-order valence-electron chi connectivity index (χ4n) is 3.03. The molecule has 18 heavy (non-hydrogen) atoms. The maximum absolute atomic E-state index is 5.90. The van der Waals surface area contributed by atoms with Crippen LogP contribution in [0.1, 0.15) is 48.9 Å². The van der Waals surface area contributed by atoms with E-state index in [0.29, 0.717) is 12.6 Å². The van der Waals surface area contributed by atoms with Crippen LogP contribution in [-0.4, -0.2) is 18.1 Å². The lowest BCUT2D eigenvalue weighted by atomic mass is 9.94. The van der Waals surface area contributed by atoms with Crippen LogP contribution in [0.3, 0.4) is 0 Å². The van der Waals surface area contributed by atoms with Gasteiger partial charge in [0.05, 0.1) is 0 Å². The first kappa shape index (κ1) is 13.3. The quantitative estimate of drug-likeness (QED) is 0.893. The van der Waals surface area contributed by atoms with E-state index in [4.69, 9.17) is 10.7 Å². The molecule has 0 aromatic carbocycles. The highest BCUT2D eigenvalue weighted by atomic mass is 15.2. The van der Waals surface area contributed by atoms with E-state index in [1.165, 1.54) is 43.2 Å². The molecule has 1 aromatic heterocycles. The molecule has 1 fully saturated rings. The Morgan fingerprint density at radius 3 is 2.56 bits per heavy atom. The van der Waals surface area contributed by atoms with Crippen LogP contribution in [0.4, 0.5) is 5.82 Å². The molecule has 0 radical (unpaired) electrons. The number of rotatable bonds is 3. The van der Waals surface area contributed by atoms with Gasteiger partial charge in [-0.2, -0.15) is 0 Å². The molecule has 3 nitrogen and oxygen atoms in total. The van der Waals surface area contributed by atoms with Crippen LogP contribution < -0.4 is 10.6 Å². The number of aryl methyl sites for hydroxylation is 2. The van der Waals surface area contributed by atoms with Crippen molar-refractivity contribution in [1.82, 2.24) is 4.98 Å². The van der Waals surface area contributed by atoms with Gasteiger partial charge in [0.1, 0.15) is 5.82 Å². The molecular formula is C15H25N3. The Morgan fingerprint density at radius 1 is 1.28 bits per heavy atom. The van der Waals surface area contributed by atoms with Gasteiger partial charge in [-0.25, -0.2) is 4.98 Å². The number of pyridine rings is 1. The minimum absolute atomic E-state index is 0.575. The van der Waals surface area contributed by atoms with E-state index in [-0.39, 0.29) is 0 Å². The molecule has 0 amide bonds. The number of nitrogens with zero attached hydrogens (tertiary/aromatic N) is 2. The van der Waals surface area contributed by atoms with Crippen molar-refractivity contribution < 1.29 is 0 Å². The molecule has 0 unspecified atom stereocenters. The molecule has 0 saturated heterocycles. The lowest BCUT2D eigenvalue weighted by molar-refractivity contribution is 0.425. The first-order chi connectivity index (χ1) is 8.63. The first-order valence-electron chi connectivity index (χ1n) is 7.03. The van der Waals surface area contributed by atoms with Crippen LogP contribution in [-0.2, 0) is 6.54 Å². The van der Waals surface area contributed by atoms with Crippen LogP contribution >= 0.6 is 0 Å². The summed E-state index contributed by atoms with van der Waals surface area (Å²) in [5.41, 5.74) is 9.46. The summed E-state index contributed by atoms with van der Waals surface area (Å²) >= 11 is 0. The zero-order chi connectivity index (χ0) is 13.1. The van der Waals surface area contributed by atoms with Crippen molar-refractivity contribution in [3.63, 3.8) is 0 Å². The largest absolute Gasteiger partial charge is 0.356 e. The number of anilines is 1. The molecule has 1 aliphatic rings. The standard InChI is InChI=1S/C15H25N3/c1-11-9-12(2)17-15(14(11)10-16)18(3)13-7-5-4-6-8-13/h9,13H,4-8,10,16H2,1-3H3. The second-order valence-corrected chi connectivity index (χ2v) is 5.49. The minimum Gasteiger partial charge on any atom is -0.356 e. The topological polar surface area (TPSA) is 42.1 Å². The Kier molecular flexibility index (Phi) is 4.23. The van der Waals surface area contributed by atoms with Crippen molar-refractivity contribution in [2.45, 2.75) is 58.5 Å². The van der Waals surface area contributed by atoms with Crippen molar-refractivity contribution in [1.29, 1.82) is 0 Å². The van der Waals surface area contributed by atoms with E-state index >= 15 is 0 Å². The lowest BCUT2D eigenvalue weighted by Crippen LogP contribution is -2.35. The monoisotopic (exact) mass is 247 g/mol. The second-order valence-electron chi connectivity index (χ2n) is 5.49. The summed E-state index contributed by atoms with van der Waals surface area (Å²) in [6.45, 7) is 4.77. The summed E-state index contributed by atoms with van der Waals surface area (Å²) in [5.74, 6) is 1.10. The molecule has 100 valence electrons. The third-order valence-electron chi connectivity index (χ3n) is 4.11. The smallest absolute Gasteiger partial charge is 0.133 e.